The van der Waals surface area contributed by atoms with Crippen molar-refractivity contribution in [1.29, 1.82) is 0 Å². The summed E-state index contributed by atoms with van der Waals surface area (Å²) in [5.74, 6) is 0.0226. The van der Waals surface area contributed by atoms with E-state index in [0.717, 1.165) is 11.1 Å². The van der Waals surface area contributed by atoms with E-state index in [2.05, 4.69) is 26.0 Å². The third-order valence-electron chi connectivity index (χ3n) is 5.31. The average Bonchev–Trinajstić information content (AvgIpc) is 3.10. The Morgan fingerprint density at radius 3 is 1.61 bits per heavy atom. The van der Waals surface area contributed by atoms with Gasteiger partial charge >= 0.3 is 0 Å². The maximum atomic E-state index is 13.4. The van der Waals surface area contributed by atoms with Crippen LogP contribution in [0, 0.1) is 17.0 Å². The van der Waals surface area contributed by atoms with Crippen molar-refractivity contribution in [2.45, 2.75) is 25.7 Å². The first-order valence-electron chi connectivity index (χ1n) is 7.92. The second-order valence-electron chi connectivity index (χ2n) is 7.04. The van der Waals surface area contributed by atoms with E-state index in [1.54, 1.807) is 12.1 Å². The third-order valence-corrected chi connectivity index (χ3v) is 5.31. The van der Waals surface area contributed by atoms with Gasteiger partial charge in [0.25, 0.3) is 0 Å². The normalized spacial score (nSPS) is 21.6. The standard InChI is InChI=1S/C21H18F2/c1-21(2,19-9-3-13-11-15(22)5-7-17(13)19)20-10-4-14-12-16(23)6-8-18(14)20/h3-12,19-20H,1-2H3. The molecule has 2 atom stereocenters. The molecule has 0 fully saturated rings. The van der Waals surface area contributed by atoms with Crippen molar-refractivity contribution in [3.8, 4) is 0 Å². The summed E-state index contributed by atoms with van der Waals surface area (Å²) < 4.78 is 26.9. The molecule has 116 valence electrons. The highest BCUT2D eigenvalue weighted by Crippen LogP contribution is 2.53. The van der Waals surface area contributed by atoms with Crippen LogP contribution in [0.5, 0.6) is 0 Å². The zero-order valence-corrected chi connectivity index (χ0v) is 13.2. The van der Waals surface area contributed by atoms with Crippen LogP contribution in [0.3, 0.4) is 0 Å². The summed E-state index contributed by atoms with van der Waals surface area (Å²) in [6.07, 6.45) is 8.35. The van der Waals surface area contributed by atoms with E-state index in [-0.39, 0.29) is 28.9 Å². The van der Waals surface area contributed by atoms with Gasteiger partial charge in [0.1, 0.15) is 11.6 Å². The van der Waals surface area contributed by atoms with Crippen LogP contribution in [0.2, 0.25) is 0 Å². The fraction of sp³-hybridized carbons (Fsp3) is 0.238. The van der Waals surface area contributed by atoms with E-state index in [0.29, 0.717) is 0 Å². The Labute approximate surface area is 135 Å². The highest BCUT2D eigenvalue weighted by molar-refractivity contribution is 5.66. The minimum absolute atomic E-state index is 0.0842. The molecule has 2 aliphatic rings. The first-order valence-corrected chi connectivity index (χ1v) is 7.92. The molecule has 0 spiro atoms. The van der Waals surface area contributed by atoms with E-state index in [1.165, 1.54) is 23.3 Å². The highest BCUT2D eigenvalue weighted by atomic mass is 19.1. The predicted octanol–water partition coefficient (Wildman–Crippen LogP) is 5.91. The molecule has 2 heteroatoms. The first kappa shape index (κ1) is 14.4. The summed E-state index contributed by atoms with van der Waals surface area (Å²) in [5.41, 5.74) is 4.17. The van der Waals surface area contributed by atoms with Crippen molar-refractivity contribution in [2.24, 2.45) is 5.41 Å². The fourth-order valence-corrected chi connectivity index (χ4v) is 4.04. The first-order chi connectivity index (χ1) is 11.0. The van der Waals surface area contributed by atoms with Crippen molar-refractivity contribution in [1.82, 2.24) is 0 Å². The molecule has 0 N–H and O–H groups in total. The van der Waals surface area contributed by atoms with E-state index >= 15 is 0 Å². The van der Waals surface area contributed by atoms with Crippen molar-refractivity contribution in [3.63, 3.8) is 0 Å². The lowest BCUT2D eigenvalue weighted by molar-refractivity contribution is 0.292. The van der Waals surface area contributed by atoms with Gasteiger partial charge in [-0.15, -0.1) is 0 Å². The minimum Gasteiger partial charge on any atom is -0.207 e. The Morgan fingerprint density at radius 1 is 0.739 bits per heavy atom. The number of fused-ring (bicyclic) bond motifs is 2. The summed E-state index contributed by atoms with van der Waals surface area (Å²) in [7, 11) is 0. The molecule has 2 aromatic carbocycles. The Bertz CT molecular complexity index is 773. The SMILES string of the molecule is CC(C)(C1C=Cc2cc(F)ccc21)C1C=Cc2cc(F)ccc21. The molecule has 2 unspecified atom stereocenters. The van der Waals surface area contributed by atoms with Crippen molar-refractivity contribution >= 4 is 12.2 Å². The van der Waals surface area contributed by atoms with Gasteiger partial charge in [0.15, 0.2) is 0 Å². The fourth-order valence-electron chi connectivity index (χ4n) is 4.04. The molecule has 0 radical (unpaired) electrons. The summed E-state index contributed by atoms with van der Waals surface area (Å²) in [5, 5.41) is 0. The minimum atomic E-state index is -0.201. The molecule has 0 saturated carbocycles. The molecule has 0 bridgehead atoms. The van der Waals surface area contributed by atoms with Gasteiger partial charge in [0, 0.05) is 11.8 Å². The summed E-state index contributed by atoms with van der Waals surface area (Å²) in [6, 6.07) is 10.0. The molecule has 0 aromatic heterocycles. The Kier molecular flexibility index (Phi) is 3.06. The average molecular weight is 308 g/mol. The number of allylic oxidation sites excluding steroid dienone is 2. The number of halogens is 2. The monoisotopic (exact) mass is 308 g/mol. The predicted molar refractivity (Wildman–Crippen MR) is 90.1 cm³/mol. The van der Waals surface area contributed by atoms with Crippen LogP contribution in [0.25, 0.3) is 12.2 Å². The number of rotatable bonds is 2. The molecule has 0 amide bonds. The van der Waals surface area contributed by atoms with Gasteiger partial charge in [0.2, 0.25) is 0 Å². The molecule has 0 nitrogen and oxygen atoms in total. The number of hydrogen-bond donors (Lipinski definition) is 0. The third kappa shape index (κ3) is 2.16. The number of hydrogen-bond acceptors (Lipinski definition) is 0. The molecular formula is C21H18F2. The largest absolute Gasteiger partial charge is 0.207 e. The van der Waals surface area contributed by atoms with Crippen LogP contribution >= 0.6 is 0 Å². The topological polar surface area (TPSA) is 0 Å². The quantitative estimate of drug-likeness (QED) is 0.646. The molecule has 0 heterocycles. The Hall–Kier alpha value is -2.22. The van der Waals surface area contributed by atoms with Crippen molar-refractivity contribution in [3.05, 3.63) is 82.4 Å². The lowest BCUT2D eigenvalue weighted by Crippen LogP contribution is -2.26. The van der Waals surface area contributed by atoms with Crippen LogP contribution in [-0.4, -0.2) is 0 Å². The van der Waals surface area contributed by atoms with Gasteiger partial charge in [-0.1, -0.05) is 50.3 Å². The molecule has 4 rings (SSSR count). The van der Waals surface area contributed by atoms with E-state index in [4.69, 9.17) is 0 Å². The van der Waals surface area contributed by atoms with E-state index < -0.39 is 0 Å². The van der Waals surface area contributed by atoms with E-state index in [9.17, 15) is 8.78 Å². The highest BCUT2D eigenvalue weighted by Gasteiger charge is 2.40. The van der Waals surface area contributed by atoms with Gasteiger partial charge in [-0.3, -0.25) is 0 Å². The van der Waals surface area contributed by atoms with Gasteiger partial charge in [-0.05, 0) is 51.9 Å². The second kappa shape index (κ2) is 4.89. The zero-order valence-electron chi connectivity index (χ0n) is 13.2. The zero-order chi connectivity index (χ0) is 16.2. The maximum Gasteiger partial charge on any atom is 0.123 e. The lowest BCUT2D eigenvalue weighted by Gasteiger charge is -2.37. The molecule has 2 aliphatic carbocycles. The molecule has 2 aromatic rings. The molecule has 0 saturated heterocycles. The van der Waals surface area contributed by atoms with Gasteiger partial charge in [-0.2, -0.15) is 0 Å². The smallest absolute Gasteiger partial charge is 0.123 e. The van der Waals surface area contributed by atoms with Crippen LogP contribution in [0.4, 0.5) is 8.78 Å². The van der Waals surface area contributed by atoms with Gasteiger partial charge in [0.05, 0.1) is 0 Å². The summed E-state index contributed by atoms with van der Waals surface area (Å²) >= 11 is 0. The van der Waals surface area contributed by atoms with Gasteiger partial charge in [-0.25, -0.2) is 8.78 Å². The second-order valence-corrected chi connectivity index (χ2v) is 7.04. The van der Waals surface area contributed by atoms with Crippen LogP contribution < -0.4 is 0 Å². The van der Waals surface area contributed by atoms with Crippen molar-refractivity contribution < 1.29 is 8.78 Å². The number of benzene rings is 2. The Morgan fingerprint density at radius 2 is 1.17 bits per heavy atom. The van der Waals surface area contributed by atoms with Gasteiger partial charge < -0.3 is 0 Å². The lowest BCUT2D eigenvalue weighted by atomic mass is 9.66. The summed E-state index contributed by atoms with van der Waals surface area (Å²) in [4.78, 5) is 0. The van der Waals surface area contributed by atoms with Crippen molar-refractivity contribution in [2.75, 3.05) is 0 Å². The maximum absolute atomic E-state index is 13.4. The molecular weight excluding hydrogens is 290 g/mol. The Balaban J connectivity index is 1.74. The van der Waals surface area contributed by atoms with Crippen LogP contribution in [0.1, 0.15) is 47.9 Å². The molecule has 23 heavy (non-hydrogen) atoms. The van der Waals surface area contributed by atoms with Crippen LogP contribution in [-0.2, 0) is 0 Å². The van der Waals surface area contributed by atoms with Crippen LogP contribution in [0.15, 0.2) is 48.6 Å². The van der Waals surface area contributed by atoms with E-state index in [1.807, 2.05) is 24.3 Å². The molecule has 0 aliphatic heterocycles. The summed E-state index contributed by atoms with van der Waals surface area (Å²) in [6.45, 7) is 4.46.